The Labute approximate surface area is 287 Å². The van der Waals surface area contributed by atoms with E-state index in [2.05, 4.69) is 77.4 Å². The van der Waals surface area contributed by atoms with Crippen molar-refractivity contribution in [1.82, 2.24) is 24.5 Å². The van der Waals surface area contributed by atoms with Crippen molar-refractivity contribution in [3.05, 3.63) is 164 Å². The first kappa shape index (κ1) is 28.1. The highest BCUT2D eigenvalue weighted by Crippen LogP contribution is 2.44. The highest BCUT2D eigenvalue weighted by atomic mass is 16.3. The first-order chi connectivity index (χ1) is 24.8. The van der Waals surface area contributed by atoms with E-state index in [0.717, 1.165) is 66.4 Å². The van der Waals surface area contributed by atoms with E-state index in [1.807, 2.05) is 91.1 Å². The lowest BCUT2D eigenvalue weighted by Gasteiger charge is -2.10. The van der Waals surface area contributed by atoms with Crippen molar-refractivity contribution in [2.24, 2.45) is 0 Å². The summed E-state index contributed by atoms with van der Waals surface area (Å²) in [5, 5.41) is 4.26. The quantitative estimate of drug-likeness (QED) is 0.187. The number of pyridine rings is 1. The normalized spacial score (nSPS) is 11.6. The number of fused-ring (bicyclic) bond motifs is 7. The summed E-state index contributed by atoms with van der Waals surface area (Å²) in [4.78, 5) is 19.9. The molecule has 0 N–H and O–H groups in total. The SMILES string of the molecule is c1ccc(-c2nc(-c3ccccc3)nc(-c3cc(-c4ccccn4)cc4c3oc3c4ccc4c5ccccc5n(-c5ccccc5)c43)n2)cc1. The molecule has 234 valence electrons. The second kappa shape index (κ2) is 11.4. The molecule has 10 aromatic rings. The van der Waals surface area contributed by atoms with E-state index in [1.54, 1.807) is 0 Å². The Morgan fingerprint density at radius 3 is 1.76 bits per heavy atom. The van der Waals surface area contributed by atoms with Crippen molar-refractivity contribution in [3.8, 4) is 51.1 Å². The van der Waals surface area contributed by atoms with Crippen LogP contribution >= 0.6 is 0 Å². The Hall–Kier alpha value is -6.92. The minimum atomic E-state index is 0.527. The molecule has 0 saturated carbocycles. The Balaban J connectivity index is 1.33. The van der Waals surface area contributed by atoms with Crippen LogP contribution in [0.1, 0.15) is 0 Å². The molecule has 0 aliphatic heterocycles. The maximum Gasteiger partial charge on any atom is 0.167 e. The van der Waals surface area contributed by atoms with E-state index >= 15 is 0 Å². The fourth-order valence-corrected chi connectivity index (χ4v) is 7.01. The van der Waals surface area contributed by atoms with Crippen LogP contribution in [0.15, 0.2) is 168 Å². The monoisotopic (exact) mass is 641 g/mol. The molecule has 50 heavy (non-hydrogen) atoms. The molecular weight excluding hydrogens is 615 g/mol. The molecule has 6 heteroatoms. The summed E-state index contributed by atoms with van der Waals surface area (Å²) in [6, 6.07) is 53.7. The van der Waals surface area contributed by atoms with Crippen molar-refractivity contribution in [2.45, 2.75) is 0 Å². The number of benzene rings is 6. The molecule has 0 unspecified atom stereocenters. The largest absolute Gasteiger partial charge is 0.453 e. The first-order valence-electron chi connectivity index (χ1n) is 16.6. The topological polar surface area (TPSA) is 69.6 Å². The van der Waals surface area contributed by atoms with Gasteiger partial charge in [-0.3, -0.25) is 4.98 Å². The number of hydrogen-bond donors (Lipinski definition) is 0. The van der Waals surface area contributed by atoms with E-state index in [9.17, 15) is 0 Å². The third kappa shape index (κ3) is 4.50. The predicted molar refractivity (Wildman–Crippen MR) is 201 cm³/mol. The van der Waals surface area contributed by atoms with Gasteiger partial charge in [0.2, 0.25) is 0 Å². The number of nitrogens with zero attached hydrogens (tertiary/aromatic N) is 5. The van der Waals surface area contributed by atoms with Gasteiger partial charge in [0.05, 0.1) is 22.3 Å². The number of hydrogen-bond acceptors (Lipinski definition) is 5. The highest BCUT2D eigenvalue weighted by Gasteiger charge is 2.23. The zero-order chi connectivity index (χ0) is 33.0. The van der Waals surface area contributed by atoms with Crippen LogP contribution in [-0.4, -0.2) is 24.5 Å². The van der Waals surface area contributed by atoms with Crippen molar-refractivity contribution >= 4 is 43.7 Å². The molecule has 6 aromatic carbocycles. The lowest BCUT2D eigenvalue weighted by atomic mass is 10.0. The van der Waals surface area contributed by atoms with Crippen molar-refractivity contribution in [3.63, 3.8) is 0 Å². The summed E-state index contributed by atoms with van der Waals surface area (Å²) in [7, 11) is 0. The van der Waals surface area contributed by atoms with Gasteiger partial charge in [0.1, 0.15) is 5.58 Å². The third-order valence-electron chi connectivity index (χ3n) is 9.29. The van der Waals surface area contributed by atoms with Gasteiger partial charge in [0.25, 0.3) is 0 Å². The molecule has 0 aliphatic rings. The Morgan fingerprint density at radius 2 is 1.06 bits per heavy atom. The minimum Gasteiger partial charge on any atom is -0.453 e. The Kier molecular flexibility index (Phi) is 6.39. The first-order valence-corrected chi connectivity index (χ1v) is 16.6. The zero-order valence-electron chi connectivity index (χ0n) is 26.7. The van der Waals surface area contributed by atoms with Crippen LogP contribution in [0.5, 0.6) is 0 Å². The van der Waals surface area contributed by atoms with E-state index in [1.165, 1.54) is 5.39 Å². The summed E-state index contributed by atoms with van der Waals surface area (Å²) in [6.07, 6.45) is 1.82. The van der Waals surface area contributed by atoms with Crippen LogP contribution in [0, 0.1) is 0 Å². The second-order valence-corrected chi connectivity index (χ2v) is 12.3. The summed E-state index contributed by atoms with van der Waals surface area (Å²) < 4.78 is 9.39. The van der Waals surface area contributed by atoms with Crippen molar-refractivity contribution < 1.29 is 4.42 Å². The Morgan fingerprint density at radius 1 is 0.440 bits per heavy atom. The lowest BCUT2D eigenvalue weighted by Crippen LogP contribution is -2.00. The maximum atomic E-state index is 7.08. The number of aromatic nitrogens is 5. The molecule has 10 rings (SSSR count). The average Bonchev–Trinajstić information content (AvgIpc) is 3.75. The van der Waals surface area contributed by atoms with Gasteiger partial charge >= 0.3 is 0 Å². The van der Waals surface area contributed by atoms with Gasteiger partial charge in [-0.1, -0.05) is 109 Å². The van der Waals surface area contributed by atoms with Gasteiger partial charge in [-0.05, 0) is 48.5 Å². The standard InChI is InChI=1S/C44H27N5O/c1-4-14-28(15-5-1)42-46-43(29-16-6-2-7-17-29)48-44(47-42)36-27-30(37-21-12-13-25-45-37)26-35-34-24-23-33-32-20-10-11-22-38(32)49(31-18-8-3-9-19-31)39(33)41(34)50-40(35)36/h1-27H. The molecule has 0 radical (unpaired) electrons. The number of furan rings is 1. The fourth-order valence-electron chi connectivity index (χ4n) is 7.01. The van der Waals surface area contributed by atoms with E-state index in [4.69, 9.17) is 24.4 Å². The number of para-hydroxylation sites is 2. The minimum absolute atomic E-state index is 0.527. The molecule has 0 atom stereocenters. The molecule has 6 nitrogen and oxygen atoms in total. The molecule has 0 aliphatic carbocycles. The van der Waals surface area contributed by atoms with Crippen molar-refractivity contribution in [2.75, 3.05) is 0 Å². The second-order valence-electron chi connectivity index (χ2n) is 12.3. The van der Waals surface area contributed by atoms with Gasteiger partial charge in [0, 0.05) is 50.1 Å². The summed E-state index contributed by atoms with van der Waals surface area (Å²) in [5.74, 6) is 1.71. The molecule has 0 saturated heterocycles. The fraction of sp³-hybridized carbons (Fsp3) is 0. The van der Waals surface area contributed by atoms with E-state index in [0.29, 0.717) is 23.1 Å². The molecule has 0 fully saturated rings. The van der Waals surface area contributed by atoms with Gasteiger partial charge in [-0.15, -0.1) is 0 Å². The Bertz CT molecular complexity index is 2790. The molecule has 4 heterocycles. The van der Waals surface area contributed by atoms with Crippen LogP contribution < -0.4 is 0 Å². The van der Waals surface area contributed by atoms with Crippen LogP contribution in [0.25, 0.3) is 94.9 Å². The summed E-state index contributed by atoms with van der Waals surface area (Å²) in [6.45, 7) is 0. The van der Waals surface area contributed by atoms with E-state index in [-0.39, 0.29) is 0 Å². The molecule has 4 aromatic heterocycles. The zero-order valence-corrected chi connectivity index (χ0v) is 26.7. The lowest BCUT2D eigenvalue weighted by molar-refractivity contribution is 0.671. The summed E-state index contributed by atoms with van der Waals surface area (Å²) >= 11 is 0. The number of rotatable bonds is 5. The maximum absolute atomic E-state index is 7.08. The molecule has 0 spiro atoms. The van der Waals surface area contributed by atoms with Crippen LogP contribution in [0.3, 0.4) is 0 Å². The van der Waals surface area contributed by atoms with Gasteiger partial charge in [-0.25, -0.2) is 15.0 Å². The van der Waals surface area contributed by atoms with Crippen molar-refractivity contribution in [1.29, 1.82) is 0 Å². The highest BCUT2D eigenvalue weighted by molar-refractivity contribution is 6.22. The summed E-state index contributed by atoms with van der Waals surface area (Å²) in [5.41, 5.74) is 9.10. The molecule has 0 bridgehead atoms. The smallest absolute Gasteiger partial charge is 0.167 e. The van der Waals surface area contributed by atoms with Crippen LogP contribution in [0.4, 0.5) is 0 Å². The third-order valence-corrected chi connectivity index (χ3v) is 9.29. The van der Waals surface area contributed by atoms with E-state index < -0.39 is 0 Å². The van der Waals surface area contributed by atoms with Gasteiger partial charge in [-0.2, -0.15) is 0 Å². The molecular formula is C44H27N5O. The van der Waals surface area contributed by atoms with Crippen LogP contribution in [-0.2, 0) is 0 Å². The average molecular weight is 642 g/mol. The van der Waals surface area contributed by atoms with Crippen LogP contribution in [0.2, 0.25) is 0 Å². The molecule has 0 amide bonds. The predicted octanol–water partition coefficient (Wildman–Crippen LogP) is 10.9. The van der Waals surface area contributed by atoms with Gasteiger partial charge < -0.3 is 8.98 Å². The van der Waals surface area contributed by atoms with Gasteiger partial charge in [0.15, 0.2) is 23.1 Å².